The largest absolute Gasteiger partial charge is 0.493 e. The summed E-state index contributed by atoms with van der Waals surface area (Å²) in [5.41, 5.74) is 2.45. The van der Waals surface area contributed by atoms with Gasteiger partial charge in [-0.2, -0.15) is 0 Å². The maximum absolute atomic E-state index is 11.4. The summed E-state index contributed by atoms with van der Waals surface area (Å²) >= 11 is 0. The number of rotatable bonds is 5. The molecule has 0 amide bonds. The molecular formula is C17H15N3O3. The fraction of sp³-hybridized carbons (Fsp3) is 0.118. The molecule has 0 saturated heterocycles. The van der Waals surface area contributed by atoms with Crippen LogP contribution in [0.25, 0.3) is 16.9 Å². The molecule has 0 atom stereocenters. The van der Waals surface area contributed by atoms with Crippen LogP contribution in [0, 0.1) is 0 Å². The highest BCUT2D eigenvalue weighted by atomic mass is 16.5. The molecule has 0 fully saturated rings. The van der Waals surface area contributed by atoms with Crippen molar-refractivity contribution < 1.29 is 14.3 Å². The third kappa shape index (κ3) is 2.66. The number of carbonyl (C=O) groups is 1. The number of hydrogen-bond donors (Lipinski definition) is 0. The first-order valence-corrected chi connectivity index (χ1v) is 6.97. The number of aldehydes is 1. The molecular weight excluding hydrogens is 294 g/mol. The van der Waals surface area contributed by atoms with Gasteiger partial charge in [-0.15, -0.1) is 5.10 Å². The molecule has 3 rings (SSSR count). The first kappa shape index (κ1) is 14.8. The molecule has 23 heavy (non-hydrogen) atoms. The Bertz CT molecular complexity index is 828. The number of benzene rings is 2. The lowest BCUT2D eigenvalue weighted by molar-refractivity contribution is 0.111. The zero-order chi connectivity index (χ0) is 16.2. The highest BCUT2D eigenvalue weighted by Gasteiger charge is 2.17. The van der Waals surface area contributed by atoms with Gasteiger partial charge >= 0.3 is 0 Å². The van der Waals surface area contributed by atoms with E-state index in [0.717, 1.165) is 11.3 Å². The van der Waals surface area contributed by atoms with Crippen molar-refractivity contribution in [2.45, 2.75) is 0 Å². The van der Waals surface area contributed by atoms with Crippen molar-refractivity contribution in [1.82, 2.24) is 15.0 Å². The van der Waals surface area contributed by atoms with Gasteiger partial charge in [-0.25, -0.2) is 4.68 Å². The highest BCUT2D eigenvalue weighted by Crippen LogP contribution is 2.33. The second-order valence-electron chi connectivity index (χ2n) is 4.76. The molecule has 2 aromatic carbocycles. The van der Waals surface area contributed by atoms with Crippen LogP contribution < -0.4 is 9.47 Å². The van der Waals surface area contributed by atoms with E-state index in [4.69, 9.17) is 9.47 Å². The first-order valence-electron chi connectivity index (χ1n) is 6.97. The number of methoxy groups -OCH3 is 2. The maximum atomic E-state index is 11.4. The monoisotopic (exact) mass is 309 g/mol. The van der Waals surface area contributed by atoms with E-state index in [-0.39, 0.29) is 5.69 Å². The maximum Gasteiger partial charge on any atom is 0.172 e. The van der Waals surface area contributed by atoms with E-state index in [0.29, 0.717) is 23.5 Å². The molecule has 6 nitrogen and oxygen atoms in total. The molecule has 0 aliphatic carbocycles. The van der Waals surface area contributed by atoms with Crippen molar-refractivity contribution in [1.29, 1.82) is 0 Å². The summed E-state index contributed by atoms with van der Waals surface area (Å²) in [5.74, 6) is 1.19. The number of nitrogens with zero attached hydrogens (tertiary/aromatic N) is 3. The molecule has 116 valence electrons. The Balaban J connectivity index is 2.19. The van der Waals surface area contributed by atoms with Crippen molar-refractivity contribution >= 4 is 6.29 Å². The fourth-order valence-corrected chi connectivity index (χ4v) is 2.38. The summed E-state index contributed by atoms with van der Waals surface area (Å²) in [5, 5.41) is 8.05. The molecule has 0 aliphatic heterocycles. The van der Waals surface area contributed by atoms with E-state index >= 15 is 0 Å². The van der Waals surface area contributed by atoms with Crippen LogP contribution in [-0.2, 0) is 0 Å². The lowest BCUT2D eigenvalue weighted by Crippen LogP contribution is -2.00. The van der Waals surface area contributed by atoms with E-state index < -0.39 is 0 Å². The van der Waals surface area contributed by atoms with Crippen molar-refractivity contribution in [3.63, 3.8) is 0 Å². The van der Waals surface area contributed by atoms with Gasteiger partial charge in [-0.1, -0.05) is 23.4 Å². The minimum absolute atomic E-state index is 0.265. The van der Waals surface area contributed by atoms with Crippen LogP contribution >= 0.6 is 0 Å². The summed E-state index contributed by atoms with van der Waals surface area (Å²) in [6, 6.07) is 14.9. The van der Waals surface area contributed by atoms with Gasteiger partial charge in [0.2, 0.25) is 0 Å². The van der Waals surface area contributed by atoms with Crippen LogP contribution in [0.1, 0.15) is 10.5 Å². The molecule has 6 heteroatoms. The minimum Gasteiger partial charge on any atom is -0.493 e. The predicted octanol–water partition coefficient (Wildman–Crippen LogP) is 2.76. The number of aromatic nitrogens is 3. The number of carbonyl (C=O) groups excluding carboxylic acids is 1. The Kier molecular flexibility index (Phi) is 4.05. The lowest BCUT2D eigenvalue weighted by atomic mass is 10.1. The molecule has 1 heterocycles. The van der Waals surface area contributed by atoms with Crippen LogP contribution in [0.15, 0.2) is 48.5 Å². The fourth-order valence-electron chi connectivity index (χ4n) is 2.38. The number of ether oxygens (including phenoxy) is 2. The second kappa shape index (κ2) is 6.31. The zero-order valence-corrected chi connectivity index (χ0v) is 12.8. The van der Waals surface area contributed by atoms with E-state index in [1.807, 2.05) is 36.4 Å². The molecule has 0 bridgehead atoms. The summed E-state index contributed by atoms with van der Waals surface area (Å²) in [6.45, 7) is 0. The molecule has 3 aromatic rings. The molecule has 0 saturated carbocycles. The smallest absolute Gasteiger partial charge is 0.172 e. The quantitative estimate of drug-likeness (QED) is 0.678. The zero-order valence-electron chi connectivity index (χ0n) is 12.8. The van der Waals surface area contributed by atoms with Crippen molar-refractivity contribution in [3.8, 4) is 28.4 Å². The Morgan fingerprint density at radius 3 is 2.39 bits per heavy atom. The molecule has 0 unspecified atom stereocenters. The summed E-state index contributed by atoms with van der Waals surface area (Å²) in [4.78, 5) is 11.4. The SMILES string of the molecule is COc1ccc(-c2c(C=O)nnn2-c2ccccc2)cc1OC. The van der Waals surface area contributed by atoms with E-state index in [1.165, 1.54) is 0 Å². The Morgan fingerprint density at radius 2 is 1.74 bits per heavy atom. The van der Waals surface area contributed by atoms with Gasteiger partial charge in [-0.3, -0.25) is 4.79 Å². The number of para-hydroxylation sites is 1. The van der Waals surface area contributed by atoms with Gasteiger partial charge in [0.1, 0.15) is 5.69 Å². The standard InChI is InChI=1S/C17H15N3O3/c1-22-15-9-8-12(10-16(15)23-2)17-14(11-21)18-19-20(17)13-6-4-3-5-7-13/h3-11H,1-2H3. The third-order valence-electron chi connectivity index (χ3n) is 3.47. The topological polar surface area (TPSA) is 66.2 Å². The molecule has 0 radical (unpaired) electrons. The van der Waals surface area contributed by atoms with Gasteiger partial charge in [0.25, 0.3) is 0 Å². The van der Waals surface area contributed by atoms with Crippen molar-refractivity contribution in [3.05, 3.63) is 54.2 Å². The van der Waals surface area contributed by atoms with E-state index in [9.17, 15) is 4.79 Å². The Labute approximate surface area is 133 Å². The first-order chi connectivity index (χ1) is 11.3. The van der Waals surface area contributed by atoms with Crippen LogP contribution in [0.4, 0.5) is 0 Å². The molecule has 0 aliphatic rings. The van der Waals surface area contributed by atoms with Gasteiger partial charge in [0.05, 0.1) is 19.9 Å². The minimum atomic E-state index is 0.265. The van der Waals surface area contributed by atoms with E-state index in [1.54, 1.807) is 31.0 Å². The summed E-state index contributed by atoms with van der Waals surface area (Å²) in [7, 11) is 3.14. The van der Waals surface area contributed by atoms with Gasteiger partial charge in [0.15, 0.2) is 23.5 Å². The van der Waals surface area contributed by atoms with Crippen molar-refractivity contribution in [2.24, 2.45) is 0 Å². The Morgan fingerprint density at radius 1 is 1.00 bits per heavy atom. The van der Waals surface area contributed by atoms with Crippen LogP contribution in [-0.4, -0.2) is 35.5 Å². The summed E-state index contributed by atoms with van der Waals surface area (Å²) in [6.07, 6.45) is 0.693. The van der Waals surface area contributed by atoms with Gasteiger partial charge in [0, 0.05) is 5.56 Å². The Hall–Kier alpha value is -3.15. The van der Waals surface area contributed by atoms with Gasteiger partial charge in [-0.05, 0) is 30.3 Å². The summed E-state index contributed by atoms with van der Waals surface area (Å²) < 4.78 is 12.2. The molecule has 0 spiro atoms. The van der Waals surface area contributed by atoms with Crippen LogP contribution in [0.5, 0.6) is 11.5 Å². The lowest BCUT2D eigenvalue weighted by Gasteiger charge is -2.11. The van der Waals surface area contributed by atoms with Crippen molar-refractivity contribution in [2.75, 3.05) is 14.2 Å². The number of hydrogen-bond acceptors (Lipinski definition) is 5. The third-order valence-corrected chi connectivity index (χ3v) is 3.47. The average Bonchev–Trinajstić information content (AvgIpc) is 3.05. The van der Waals surface area contributed by atoms with Gasteiger partial charge < -0.3 is 9.47 Å². The molecule has 1 aromatic heterocycles. The molecule has 0 N–H and O–H groups in total. The van der Waals surface area contributed by atoms with E-state index in [2.05, 4.69) is 10.3 Å². The normalized spacial score (nSPS) is 10.3. The second-order valence-corrected chi connectivity index (χ2v) is 4.76. The predicted molar refractivity (Wildman–Crippen MR) is 85.3 cm³/mol. The highest BCUT2D eigenvalue weighted by molar-refractivity contribution is 5.84. The van der Waals surface area contributed by atoms with Crippen LogP contribution in [0.3, 0.4) is 0 Å². The average molecular weight is 309 g/mol. The van der Waals surface area contributed by atoms with Crippen LogP contribution in [0.2, 0.25) is 0 Å².